The number of hydrogen-bond donors (Lipinski definition) is 1. The van der Waals surface area contributed by atoms with Gasteiger partial charge in [-0.2, -0.15) is 5.10 Å². The van der Waals surface area contributed by atoms with Gasteiger partial charge in [0.1, 0.15) is 0 Å². The third-order valence-corrected chi connectivity index (χ3v) is 2.10. The van der Waals surface area contributed by atoms with Gasteiger partial charge < -0.3 is 5.73 Å². The topological polar surface area (TPSA) is 56.2 Å². The molecule has 0 aliphatic heterocycles. The van der Waals surface area contributed by atoms with Gasteiger partial charge >= 0.3 is 0 Å². The number of nitrogens with two attached hydrogens (primary N) is 1. The second-order valence-electron chi connectivity index (χ2n) is 4.40. The van der Waals surface area contributed by atoms with E-state index in [9.17, 15) is 0 Å². The van der Waals surface area contributed by atoms with Gasteiger partial charge in [0.25, 0.3) is 0 Å². The summed E-state index contributed by atoms with van der Waals surface area (Å²) in [4.78, 5) is 4.33. The Hall–Kier alpha value is -1.32. The molecule has 14 heavy (non-hydrogen) atoms. The van der Waals surface area contributed by atoms with Crippen molar-refractivity contribution < 1.29 is 0 Å². The Kier molecular flexibility index (Phi) is 2.93. The van der Waals surface area contributed by atoms with E-state index in [1.807, 2.05) is 13.1 Å². The van der Waals surface area contributed by atoms with E-state index in [2.05, 4.69) is 30.9 Å². The number of aliphatic imine (C=N–C) groups is 1. The van der Waals surface area contributed by atoms with Gasteiger partial charge in [-0.3, -0.25) is 9.67 Å². The van der Waals surface area contributed by atoms with Crippen molar-refractivity contribution in [2.45, 2.75) is 27.3 Å². The van der Waals surface area contributed by atoms with Crippen LogP contribution in [0.1, 0.15) is 26.5 Å². The van der Waals surface area contributed by atoms with Crippen LogP contribution in [0.4, 0.5) is 0 Å². The third kappa shape index (κ3) is 2.58. The van der Waals surface area contributed by atoms with Crippen LogP contribution in [0.15, 0.2) is 17.3 Å². The summed E-state index contributed by atoms with van der Waals surface area (Å²) in [6, 6.07) is 1.94. The Labute approximate surface area is 84.8 Å². The number of rotatable bonds is 2. The molecule has 0 aromatic carbocycles. The minimum Gasteiger partial charge on any atom is -0.387 e. The number of aryl methyl sites for hydroxylation is 1. The lowest BCUT2D eigenvalue weighted by Gasteiger charge is -2.17. The molecule has 0 aliphatic rings. The lowest BCUT2D eigenvalue weighted by molar-refractivity contribution is 0.579. The van der Waals surface area contributed by atoms with Crippen LogP contribution < -0.4 is 5.73 Å². The second-order valence-corrected chi connectivity index (χ2v) is 4.40. The highest BCUT2D eigenvalue weighted by Gasteiger charge is 2.14. The number of amidine groups is 1. The highest BCUT2D eigenvalue weighted by Crippen LogP contribution is 2.13. The fourth-order valence-corrected chi connectivity index (χ4v) is 0.960. The first-order valence-corrected chi connectivity index (χ1v) is 4.68. The lowest BCUT2D eigenvalue weighted by Crippen LogP contribution is -2.29. The minimum absolute atomic E-state index is 0.0570. The van der Waals surface area contributed by atoms with E-state index in [0.717, 1.165) is 5.69 Å². The summed E-state index contributed by atoms with van der Waals surface area (Å²) in [6.07, 6.45) is 1.76. The van der Waals surface area contributed by atoms with Crippen molar-refractivity contribution in [2.24, 2.45) is 23.2 Å². The van der Waals surface area contributed by atoms with Crippen LogP contribution in [0.3, 0.4) is 0 Å². The predicted molar refractivity (Wildman–Crippen MR) is 58.0 cm³/mol. The molecule has 1 rings (SSSR count). The Morgan fingerprint density at radius 3 is 2.64 bits per heavy atom. The summed E-state index contributed by atoms with van der Waals surface area (Å²) in [5.41, 5.74) is 6.85. The molecule has 0 radical (unpaired) electrons. The molecule has 0 fully saturated rings. The monoisotopic (exact) mass is 194 g/mol. The molecule has 0 amide bonds. The molecule has 0 atom stereocenters. The summed E-state index contributed by atoms with van der Waals surface area (Å²) in [5.74, 6) is 0.679. The predicted octanol–water partition coefficient (Wildman–Crippen LogP) is 1.32. The molecule has 0 saturated carbocycles. The van der Waals surface area contributed by atoms with Gasteiger partial charge in [0.15, 0.2) is 0 Å². The maximum Gasteiger partial charge on any atom is 0.0996 e. The molecule has 4 nitrogen and oxygen atoms in total. The largest absolute Gasteiger partial charge is 0.387 e. The van der Waals surface area contributed by atoms with E-state index in [1.165, 1.54) is 0 Å². The van der Waals surface area contributed by atoms with Gasteiger partial charge in [-0.25, -0.2) is 0 Å². The Bertz CT molecular complexity index is 330. The number of hydrogen-bond acceptors (Lipinski definition) is 2. The maximum atomic E-state index is 5.84. The first-order valence-electron chi connectivity index (χ1n) is 4.68. The zero-order valence-electron chi connectivity index (χ0n) is 9.28. The molecule has 0 aliphatic carbocycles. The van der Waals surface area contributed by atoms with Crippen LogP contribution in [0.2, 0.25) is 0 Å². The Morgan fingerprint density at radius 2 is 2.21 bits per heavy atom. The molecule has 0 spiro atoms. The smallest absolute Gasteiger partial charge is 0.0996 e. The van der Waals surface area contributed by atoms with Gasteiger partial charge in [0.2, 0.25) is 0 Å². The average molecular weight is 194 g/mol. The average Bonchev–Trinajstić information content (AvgIpc) is 2.45. The Morgan fingerprint density at radius 1 is 1.57 bits per heavy atom. The van der Waals surface area contributed by atoms with Crippen molar-refractivity contribution in [1.82, 2.24) is 9.78 Å². The zero-order valence-corrected chi connectivity index (χ0v) is 9.28. The van der Waals surface area contributed by atoms with E-state index >= 15 is 0 Å². The summed E-state index contributed by atoms with van der Waals surface area (Å²) in [5, 5.41) is 4.06. The normalized spacial score (nSPS) is 13.3. The molecule has 0 saturated heterocycles. The summed E-state index contributed by atoms with van der Waals surface area (Å²) < 4.78 is 1.80. The molecular formula is C10H18N4. The van der Waals surface area contributed by atoms with E-state index in [-0.39, 0.29) is 5.41 Å². The van der Waals surface area contributed by atoms with Gasteiger partial charge in [-0.15, -0.1) is 0 Å². The van der Waals surface area contributed by atoms with Crippen molar-refractivity contribution >= 4 is 5.84 Å². The van der Waals surface area contributed by atoms with Gasteiger partial charge in [0, 0.05) is 18.7 Å². The van der Waals surface area contributed by atoms with Gasteiger partial charge in [0.05, 0.1) is 18.1 Å². The quantitative estimate of drug-likeness (QED) is 0.570. The molecular weight excluding hydrogens is 176 g/mol. The third-order valence-electron chi connectivity index (χ3n) is 2.10. The van der Waals surface area contributed by atoms with E-state index in [0.29, 0.717) is 12.4 Å². The van der Waals surface area contributed by atoms with E-state index < -0.39 is 0 Å². The molecule has 0 bridgehead atoms. The second kappa shape index (κ2) is 3.82. The van der Waals surface area contributed by atoms with Crippen LogP contribution in [0.25, 0.3) is 0 Å². The maximum absolute atomic E-state index is 5.84. The molecule has 0 unspecified atom stereocenters. The summed E-state index contributed by atoms with van der Waals surface area (Å²) in [7, 11) is 1.90. The first kappa shape index (κ1) is 10.8. The Balaban J connectivity index is 2.69. The van der Waals surface area contributed by atoms with Crippen LogP contribution in [0.5, 0.6) is 0 Å². The minimum atomic E-state index is -0.0570. The van der Waals surface area contributed by atoms with Crippen molar-refractivity contribution in [1.29, 1.82) is 0 Å². The van der Waals surface area contributed by atoms with Crippen molar-refractivity contribution in [3.63, 3.8) is 0 Å². The van der Waals surface area contributed by atoms with Crippen LogP contribution in [-0.4, -0.2) is 15.6 Å². The van der Waals surface area contributed by atoms with E-state index in [1.54, 1.807) is 10.9 Å². The highest BCUT2D eigenvalue weighted by molar-refractivity contribution is 5.85. The molecule has 1 aromatic rings. The van der Waals surface area contributed by atoms with Crippen LogP contribution >= 0.6 is 0 Å². The van der Waals surface area contributed by atoms with Gasteiger partial charge in [-0.05, 0) is 6.07 Å². The summed E-state index contributed by atoms with van der Waals surface area (Å²) in [6.45, 7) is 6.75. The molecule has 1 aromatic heterocycles. The summed E-state index contributed by atoms with van der Waals surface area (Å²) >= 11 is 0. The molecule has 78 valence electrons. The van der Waals surface area contributed by atoms with Crippen molar-refractivity contribution in [3.8, 4) is 0 Å². The zero-order chi connectivity index (χ0) is 10.8. The molecule has 1 heterocycles. The van der Waals surface area contributed by atoms with Crippen molar-refractivity contribution in [3.05, 3.63) is 18.0 Å². The standard InChI is InChI=1S/C10H18N4/c1-10(2,3)9(11)12-7-8-5-6-13-14(8)4/h5-6H,7H2,1-4H3,(H2,11,12). The van der Waals surface area contributed by atoms with Crippen LogP contribution in [-0.2, 0) is 13.6 Å². The molecule has 2 N–H and O–H groups in total. The fourth-order valence-electron chi connectivity index (χ4n) is 0.960. The SMILES string of the molecule is Cn1nccc1CN=C(N)C(C)(C)C. The number of aromatic nitrogens is 2. The molecule has 4 heteroatoms. The van der Waals surface area contributed by atoms with Crippen molar-refractivity contribution in [2.75, 3.05) is 0 Å². The van der Waals surface area contributed by atoms with Crippen LogP contribution in [0, 0.1) is 5.41 Å². The van der Waals surface area contributed by atoms with Gasteiger partial charge in [-0.1, -0.05) is 20.8 Å². The number of nitrogens with zero attached hydrogens (tertiary/aromatic N) is 3. The lowest BCUT2D eigenvalue weighted by atomic mass is 9.95. The first-order chi connectivity index (χ1) is 6.41. The highest BCUT2D eigenvalue weighted by atomic mass is 15.3. The fraction of sp³-hybridized carbons (Fsp3) is 0.600. The van der Waals surface area contributed by atoms with E-state index in [4.69, 9.17) is 5.73 Å².